The van der Waals surface area contributed by atoms with Crippen LogP contribution < -0.4 is 0 Å². The van der Waals surface area contributed by atoms with Gasteiger partial charge in [0.15, 0.2) is 0 Å². The van der Waals surface area contributed by atoms with Crippen LogP contribution in [0.5, 0.6) is 0 Å². The fourth-order valence-corrected chi connectivity index (χ4v) is 1.67. The van der Waals surface area contributed by atoms with E-state index in [1.807, 2.05) is 66.8 Å². The van der Waals surface area contributed by atoms with Crippen molar-refractivity contribution in [2.24, 2.45) is 5.92 Å². The van der Waals surface area contributed by atoms with Gasteiger partial charge in [0.1, 0.15) is 0 Å². The molecule has 4 heteroatoms. The Labute approximate surface area is 163 Å². The maximum Gasteiger partial charge on any atom is 0.311 e. The minimum atomic E-state index is -0.855. The molecule has 0 aliphatic carbocycles. The summed E-state index contributed by atoms with van der Waals surface area (Å²) in [6.07, 6.45) is 24.4. The van der Waals surface area contributed by atoms with Crippen LogP contribution in [0.25, 0.3) is 0 Å². The third kappa shape index (κ3) is 16.6. The summed E-state index contributed by atoms with van der Waals surface area (Å²) in [6, 6.07) is 0. The van der Waals surface area contributed by atoms with Crippen molar-refractivity contribution in [1.29, 1.82) is 0 Å². The smallest absolute Gasteiger partial charge is 0.311 e. The van der Waals surface area contributed by atoms with Crippen molar-refractivity contribution >= 4 is 11.9 Å². The predicted octanol–water partition coefficient (Wildman–Crippen LogP) is 5.60. The average Bonchev–Trinajstić information content (AvgIpc) is 2.61. The van der Waals surface area contributed by atoms with Gasteiger partial charge in [0.25, 0.3) is 0 Å². The lowest BCUT2D eigenvalue weighted by atomic mass is 10.2. The van der Waals surface area contributed by atoms with Gasteiger partial charge in [-0.1, -0.05) is 93.7 Å². The van der Waals surface area contributed by atoms with Crippen LogP contribution in [0.15, 0.2) is 72.9 Å². The number of hydrogen-bond acceptors (Lipinski definition) is 4. The van der Waals surface area contributed by atoms with Crippen molar-refractivity contribution in [1.82, 2.24) is 0 Å². The van der Waals surface area contributed by atoms with Gasteiger partial charge in [-0.3, -0.25) is 9.59 Å². The SMILES string of the molecule is CC\C=C/C=C\C=C/C=C\C=C/C=C\CCC(=O)OC(C)OC(=O)C(C)C. The first-order valence-electron chi connectivity index (χ1n) is 9.35. The Hall–Kier alpha value is -2.62. The number of allylic oxidation sites excluding steroid dienone is 12. The Bertz CT molecular complexity index is 589. The van der Waals surface area contributed by atoms with Crippen LogP contribution >= 0.6 is 0 Å². The molecule has 27 heavy (non-hydrogen) atoms. The van der Waals surface area contributed by atoms with Gasteiger partial charge in [0.05, 0.1) is 5.92 Å². The first kappa shape index (κ1) is 24.4. The third-order valence-corrected chi connectivity index (χ3v) is 3.07. The number of carbonyl (C=O) groups excluding carboxylic acids is 2. The molecule has 1 atom stereocenters. The van der Waals surface area contributed by atoms with Gasteiger partial charge in [-0.05, 0) is 12.8 Å². The van der Waals surface area contributed by atoms with E-state index in [0.717, 1.165) is 6.42 Å². The zero-order valence-corrected chi connectivity index (χ0v) is 16.8. The summed E-state index contributed by atoms with van der Waals surface area (Å²) in [5.74, 6) is -1.02. The van der Waals surface area contributed by atoms with Gasteiger partial charge in [-0.25, -0.2) is 0 Å². The van der Waals surface area contributed by atoms with Gasteiger partial charge in [-0.15, -0.1) is 0 Å². The van der Waals surface area contributed by atoms with E-state index in [2.05, 4.69) is 13.0 Å². The molecule has 148 valence electrons. The molecule has 0 aromatic rings. The van der Waals surface area contributed by atoms with Crippen LogP contribution in [-0.4, -0.2) is 18.2 Å². The number of hydrogen-bond donors (Lipinski definition) is 0. The normalized spacial score (nSPS) is 14.0. The Morgan fingerprint density at radius 1 is 0.741 bits per heavy atom. The molecule has 0 amide bonds. The minimum absolute atomic E-state index is 0.241. The van der Waals surface area contributed by atoms with E-state index >= 15 is 0 Å². The summed E-state index contributed by atoms with van der Waals surface area (Å²) in [7, 11) is 0. The molecule has 0 bridgehead atoms. The maximum atomic E-state index is 11.6. The Kier molecular flexibility index (Phi) is 15.2. The molecule has 0 spiro atoms. The molecule has 0 fully saturated rings. The minimum Gasteiger partial charge on any atom is -0.425 e. The quantitative estimate of drug-likeness (QED) is 0.254. The van der Waals surface area contributed by atoms with E-state index in [0.29, 0.717) is 6.42 Å². The monoisotopic (exact) mass is 372 g/mol. The number of rotatable bonds is 12. The molecular weight excluding hydrogens is 340 g/mol. The second-order valence-electron chi connectivity index (χ2n) is 5.99. The summed E-state index contributed by atoms with van der Waals surface area (Å²) in [5, 5.41) is 0. The lowest BCUT2D eigenvalue weighted by Gasteiger charge is -2.15. The third-order valence-electron chi connectivity index (χ3n) is 3.07. The lowest BCUT2D eigenvalue weighted by Crippen LogP contribution is -2.24. The van der Waals surface area contributed by atoms with Crippen molar-refractivity contribution in [3.8, 4) is 0 Å². The topological polar surface area (TPSA) is 52.6 Å². The summed E-state index contributed by atoms with van der Waals surface area (Å²) < 4.78 is 10.00. The van der Waals surface area contributed by atoms with Crippen molar-refractivity contribution in [2.75, 3.05) is 0 Å². The Morgan fingerprint density at radius 2 is 1.22 bits per heavy atom. The number of carbonyl (C=O) groups is 2. The molecular formula is C23H32O4. The molecule has 0 N–H and O–H groups in total. The van der Waals surface area contributed by atoms with E-state index in [1.54, 1.807) is 13.8 Å². The van der Waals surface area contributed by atoms with E-state index in [9.17, 15) is 9.59 Å². The van der Waals surface area contributed by atoms with E-state index < -0.39 is 6.29 Å². The van der Waals surface area contributed by atoms with Gasteiger partial charge >= 0.3 is 11.9 Å². The van der Waals surface area contributed by atoms with Crippen LogP contribution in [0, 0.1) is 5.92 Å². The highest BCUT2D eigenvalue weighted by molar-refractivity contribution is 5.72. The van der Waals surface area contributed by atoms with Crippen molar-refractivity contribution in [3.05, 3.63) is 72.9 Å². The predicted molar refractivity (Wildman–Crippen MR) is 111 cm³/mol. The summed E-state index contributed by atoms with van der Waals surface area (Å²) >= 11 is 0. The summed E-state index contributed by atoms with van der Waals surface area (Å²) in [5.41, 5.74) is 0. The molecule has 0 aromatic carbocycles. The molecule has 0 saturated carbocycles. The van der Waals surface area contributed by atoms with Gasteiger partial charge in [0, 0.05) is 13.3 Å². The first-order valence-corrected chi connectivity index (χ1v) is 9.35. The highest BCUT2D eigenvalue weighted by Gasteiger charge is 2.15. The van der Waals surface area contributed by atoms with Gasteiger partial charge in [0.2, 0.25) is 6.29 Å². The molecule has 0 aliphatic rings. The molecule has 0 aromatic heterocycles. The highest BCUT2D eigenvalue weighted by Crippen LogP contribution is 2.04. The van der Waals surface area contributed by atoms with Crippen LogP contribution in [0.3, 0.4) is 0 Å². The van der Waals surface area contributed by atoms with Crippen LogP contribution in [-0.2, 0) is 19.1 Å². The number of ether oxygens (including phenoxy) is 2. The van der Waals surface area contributed by atoms with Crippen LogP contribution in [0.2, 0.25) is 0 Å². The fourth-order valence-electron chi connectivity index (χ4n) is 1.67. The largest absolute Gasteiger partial charge is 0.425 e. The zero-order chi connectivity index (χ0) is 20.3. The van der Waals surface area contributed by atoms with Crippen LogP contribution in [0.1, 0.15) is 47.0 Å². The van der Waals surface area contributed by atoms with Crippen molar-refractivity contribution in [3.63, 3.8) is 0 Å². The first-order chi connectivity index (χ1) is 13.0. The van der Waals surface area contributed by atoms with E-state index in [4.69, 9.17) is 9.47 Å². The molecule has 4 nitrogen and oxygen atoms in total. The van der Waals surface area contributed by atoms with E-state index in [1.165, 1.54) is 6.92 Å². The highest BCUT2D eigenvalue weighted by atomic mass is 16.7. The van der Waals surface area contributed by atoms with Gasteiger partial charge in [-0.2, -0.15) is 0 Å². The van der Waals surface area contributed by atoms with Crippen molar-refractivity contribution < 1.29 is 19.1 Å². The maximum absolute atomic E-state index is 11.6. The van der Waals surface area contributed by atoms with Crippen LogP contribution in [0.4, 0.5) is 0 Å². The standard InChI is InChI=1S/C23H32O4/c1-5-6-7-8-9-10-11-12-13-14-15-16-17-18-19-22(24)26-21(4)27-23(25)20(2)3/h6-17,20-21H,5,18-19H2,1-4H3/b7-6-,9-8-,11-10-,13-12-,15-14-,17-16-. The molecule has 0 rings (SSSR count). The molecule has 0 heterocycles. The second-order valence-corrected chi connectivity index (χ2v) is 5.99. The molecule has 0 aliphatic heterocycles. The average molecular weight is 373 g/mol. The fraction of sp³-hybridized carbons (Fsp3) is 0.391. The summed E-state index contributed by atoms with van der Waals surface area (Å²) in [4.78, 5) is 23.0. The molecule has 1 unspecified atom stereocenters. The zero-order valence-electron chi connectivity index (χ0n) is 16.8. The van der Waals surface area contributed by atoms with E-state index in [-0.39, 0.29) is 24.3 Å². The van der Waals surface area contributed by atoms with Crippen molar-refractivity contribution in [2.45, 2.75) is 53.2 Å². The molecule has 0 radical (unpaired) electrons. The summed E-state index contributed by atoms with van der Waals surface area (Å²) in [6.45, 7) is 7.09. The molecule has 0 saturated heterocycles. The number of esters is 2. The Morgan fingerprint density at radius 3 is 1.70 bits per heavy atom. The second kappa shape index (κ2) is 16.8. The van der Waals surface area contributed by atoms with Gasteiger partial charge < -0.3 is 9.47 Å². The Balaban J connectivity index is 3.91. The lowest BCUT2D eigenvalue weighted by molar-refractivity contribution is -0.186.